The summed E-state index contributed by atoms with van der Waals surface area (Å²) in [5.41, 5.74) is 4.32. The van der Waals surface area contributed by atoms with Crippen LogP contribution in [-0.4, -0.2) is 18.7 Å². The number of pyridine rings is 1. The van der Waals surface area contributed by atoms with Gasteiger partial charge in [-0.25, -0.2) is 0 Å². The van der Waals surface area contributed by atoms with E-state index in [0.29, 0.717) is 12.4 Å². The van der Waals surface area contributed by atoms with Crippen LogP contribution in [-0.2, 0) is 5.41 Å². The van der Waals surface area contributed by atoms with Gasteiger partial charge in [0.25, 0.3) is 0 Å². The number of benzene rings is 3. The van der Waals surface area contributed by atoms with Crippen molar-refractivity contribution in [3.05, 3.63) is 78.5 Å². The fourth-order valence-corrected chi connectivity index (χ4v) is 4.40. The molecule has 1 aromatic heterocycles. The Kier molecular flexibility index (Phi) is 7.22. The molecule has 192 valence electrons. The number of nitrogens with one attached hydrogen (secondary N) is 1. The second-order valence-electron chi connectivity index (χ2n) is 10.8. The molecule has 5 heteroatoms. The molecule has 0 unspecified atom stereocenters. The molecule has 0 aliphatic heterocycles. The van der Waals surface area contributed by atoms with Crippen LogP contribution in [0.1, 0.15) is 52.0 Å². The van der Waals surface area contributed by atoms with Crippen LogP contribution >= 0.6 is 0 Å². The first kappa shape index (κ1) is 24.9. The van der Waals surface area contributed by atoms with Gasteiger partial charge < -0.3 is 19.5 Å². The SMILES string of the molecule is COc1cc2c(Oc3ccc(Nc4ccc(C(C)(C)C)cc4)cc3)ccnc2cc1OCCCC1CC1. The highest BCUT2D eigenvalue weighted by Crippen LogP contribution is 2.38. The van der Waals surface area contributed by atoms with Gasteiger partial charge >= 0.3 is 0 Å². The van der Waals surface area contributed by atoms with E-state index in [1.54, 1.807) is 13.3 Å². The Morgan fingerprint density at radius 1 is 0.865 bits per heavy atom. The lowest BCUT2D eigenvalue weighted by Crippen LogP contribution is -2.10. The summed E-state index contributed by atoms with van der Waals surface area (Å²) in [5, 5.41) is 4.34. The topological polar surface area (TPSA) is 52.6 Å². The fourth-order valence-electron chi connectivity index (χ4n) is 4.40. The molecular weight excluding hydrogens is 460 g/mol. The second kappa shape index (κ2) is 10.7. The lowest BCUT2D eigenvalue weighted by molar-refractivity contribution is 0.284. The molecule has 37 heavy (non-hydrogen) atoms. The molecule has 0 spiro atoms. The number of anilines is 2. The van der Waals surface area contributed by atoms with E-state index < -0.39 is 0 Å². The van der Waals surface area contributed by atoms with Crippen molar-refractivity contribution in [2.45, 2.75) is 51.9 Å². The first-order valence-corrected chi connectivity index (χ1v) is 13.1. The number of methoxy groups -OCH3 is 1. The van der Waals surface area contributed by atoms with E-state index in [-0.39, 0.29) is 5.41 Å². The Morgan fingerprint density at radius 3 is 2.22 bits per heavy atom. The van der Waals surface area contributed by atoms with Crippen LogP contribution in [0.15, 0.2) is 72.9 Å². The van der Waals surface area contributed by atoms with E-state index in [0.717, 1.165) is 51.9 Å². The maximum absolute atomic E-state index is 6.26. The van der Waals surface area contributed by atoms with Crippen LogP contribution in [0.2, 0.25) is 0 Å². The Balaban J connectivity index is 1.27. The third kappa shape index (κ3) is 6.34. The van der Waals surface area contributed by atoms with Crippen LogP contribution in [0.3, 0.4) is 0 Å². The standard InChI is InChI=1S/C32H36N2O3/c1-32(2,3)23-9-11-24(12-10-23)34-25-13-15-26(16-14-25)37-29-17-18-33-28-21-31(30(35-4)20-27(28)29)36-19-5-6-22-7-8-22/h9-18,20-22,34H,5-8,19H2,1-4H3. The Bertz CT molecular complexity index is 1340. The number of fused-ring (bicyclic) bond motifs is 1. The molecule has 0 atom stereocenters. The minimum Gasteiger partial charge on any atom is -0.493 e. The third-order valence-corrected chi connectivity index (χ3v) is 6.82. The lowest BCUT2D eigenvalue weighted by atomic mass is 9.87. The third-order valence-electron chi connectivity index (χ3n) is 6.82. The predicted octanol–water partition coefficient (Wildman–Crippen LogP) is 8.65. The number of ether oxygens (including phenoxy) is 3. The zero-order chi connectivity index (χ0) is 25.8. The molecule has 0 amide bonds. The van der Waals surface area contributed by atoms with Gasteiger partial charge in [-0.05, 0) is 78.3 Å². The number of hydrogen-bond acceptors (Lipinski definition) is 5. The Morgan fingerprint density at radius 2 is 1.57 bits per heavy atom. The monoisotopic (exact) mass is 496 g/mol. The average Bonchev–Trinajstić information content (AvgIpc) is 3.72. The first-order valence-electron chi connectivity index (χ1n) is 13.1. The zero-order valence-electron chi connectivity index (χ0n) is 22.2. The number of aromatic nitrogens is 1. The quantitative estimate of drug-likeness (QED) is 0.223. The lowest BCUT2D eigenvalue weighted by Gasteiger charge is -2.19. The van der Waals surface area contributed by atoms with Gasteiger partial charge in [-0.2, -0.15) is 0 Å². The Labute approximate surface area is 219 Å². The predicted molar refractivity (Wildman–Crippen MR) is 151 cm³/mol. The van der Waals surface area contributed by atoms with Gasteiger partial charge in [0.15, 0.2) is 11.5 Å². The summed E-state index contributed by atoms with van der Waals surface area (Å²) >= 11 is 0. The van der Waals surface area contributed by atoms with Gasteiger partial charge in [-0.15, -0.1) is 0 Å². The molecule has 1 aliphatic rings. The summed E-state index contributed by atoms with van der Waals surface area (Å²) in [6, 6.07) is 22.3. The smallest absolute Gasteiger partial charge is 0.163 e. The first-order chi connectivity index (χ1) is 17.9. The van der Waals surface area contributed by atoms with Crippen molar-refractivity contribution in [1.82, 2.24) is 4.98 Å². The van der Waals surface area contributed by atoms with Crippen LogP contribution in [0.25, 0.3) is 10.9 Å². The van der Waals surface area contributed by atoms with Gasteiger partial charge in [0.2, 0.25) is 0 Å². The summed E-state index contributed by atoms with van der Waals surface area (Å²) in [4.78, 5) is 4.54. The summed E-state index contributed by atoms with van der Waals surface area (Å²) < 4.78 is 17.9. The number of hydrogen-bond donors (Lipinski definition) is 1. The molecule has 0 bridgehead atoms. The molecule has 1 aliphatic carbocycles. The maximum atomic E-state index is 6.26. The van der Waals surface area contributed by atoms with E-state index in [1.165, 1.54) is 24.8 Å². The van der Waals surface area contributed by atoms with Gasteiger partial charge in [0.05, 0.1) is 19.2 Å². The van der Waals surface area contributed by atoms with Crippen LogP contribution in [0.5, 0.6) is 23.0 Å². The molecule has 1 saturated carbocycles. The van der Waals surface area contributed by atoms with E-state index >= 15 is 0 Å². The average molecular weight is 497 g/mol. The van der Waals surface area contributed by atoms with E-state index in [1.807, 2.05) is 42.5 Å². The summed E-state index contributed by atoms with van der Waals surface area (Å²) in [7, 11) is 1.66. The minimum atomic E-state index is 0.142. The van der Waals surface area contributed by atoms with E-state index in [9.17, 15) is 0 Å². The summed E-state index contributed by atoms with van der Waals surface area (Å²) in [6.45, 7) is 7.36. The molecule has 1 fully saturated rings. The van der Waals surface area contributed by atoms with E-state index in [2.05, 4.69) is 55.3 Å². The zero-order valence-corrected chi connectivity index (χ0v) is 22.2. The fraction of sp³-hybridized carbons (Fsp3) is 0.344. The summed E-state index contributed by atoms with van der Waals surface area (Å²) in [5.74, 6) is 3.80. The van der Waals surface area contributed by atoms with Gasteiger partial charge in [-0.3, -0.25) is 4.98 Å². The largest absolute Gasteiger partial charge is 0.493 e. The van der Waals surface area contributed by atoms with Crippen LogP contribution < -0.4 is 19.5 Å². The number of rotatable bonds is 10. The van der Waals surface area contributed by atoms with Crippen molar-refractivity contribution < 1.29 is 14.2 Å². The Hall–Kier alpha value is -3.73. The van der Waals surface area contributed by atoms with Crippen LogP contribution in [0.4, 0.5) is 11.4 Å². The highest BCUT2D eigenvalue weighted by molar-refractivity contribution is 5.88. The van der Waals surface area contributed by atoms with E-state index in [4.69, 9.17) is 14.2 Å². The highest BCUT2D eigenvalue weighted by atomic mass is 16.5. The summed E-state index contributed by atoms with van der Waals surface area (Å²) in [6.07, 6.45) is 6.81. The molecule has 0 radical (unpaired) electrons. The molecule has 0 saturated heterocycles. The molecular formula is C32H36N2O3. The molecule has 5 rings (SSSR count). The molecule has 5 nitrogen and oxygen atoms in total. The molecule has 1 heterocycles. The normalized spacial score (nSPS) is 13.4. The number of nitrogens with zero attached hydrogens (tertiary/aromatic N) is 1. The van der Waals surface area contributed by atoms with Gasteiger partial charge in [0.1, 0.15) is 11.5 Å². The van der Waals surface area contributed by atoms with Crippen molar-refractivity contribution in [1.29, 1.82) is 0 Å². The molecule has 1 N–H and O–H groups in total. The second-order valence-corrected chi connectivity index (χ2v) is 10.8. The van der Waals surface area contributed by atoms with Crippen molar-refractivity contribution in [2.75, 3.05) is 19.0 Å². The van der Waals surface area contributed by atoms with Gasteiger partial charge in [-0.1, -0.05) is 45.7 Å². The minimum absolute atomic E-state index is 0.142. The molecule has 4 aromatic rings. The van der Waals surface area contributed by atoms with Crippen molar-refractivity contribution in [3.8, 4) is 23.0 Å². The maximum Gasteiger partial charge on any atom is 0.163 e. The van der Waals surface area contributed by atoms with Crippen molar-refractivity contribution >= 4 is 22.3 Å². The van der Waals surface area contributed by atoms with Crippen molar-refractivity contribution in [2.24, 2.45) is 5.92 Å². The molecule has 3 aromatic carbocycles. The van der Waals surface area contributed by atoms with Crippen LogP contribution in [0, 0.1) is 5.92 Å². The van der Waals surface area contributed by atoms with Gasteiger partial charge in [0, 0.05) is 29.0 Å². The van der Waals surface area contributed by atoms with Crippen molar-refractivity contribution in [3.63, 3.8) is 0 Å². The highest BCUT2D eigenvalue weighted by Gasteiger charge is 2.20.